The minimum Gasteiger partial charge on any atom is -0.489 e. The van der Waals surface area contributed by atoms with Gasteiger partial charge in [0.1, 0.15) is 12.4 Å². The van der Waals surface area contributed by atoms with Gasteiger partial charge in [0, 0.05) is 10.6 Å². The van der Waals surface area contributed by atoms with Crippen molar-refractivity contribution in [1.82, 2.24) is 4.83 Å². The molecule has 0 heterocycles. The molecule has 0 atom stereocenters. The largest absolute Gasteiger partial charge is 0.489 e. The molecule has 0 fully saturated rings. The van der Waals surface area contributed by atoms with Crippen LogP contribution in [0.1, 0.15) is 16.7 Å². The van der Waals surface area contributed by atoms with Crippen LogP contribution in [0, 0.1) is 6.92 Å². The topological polar surface area (TPSA) is 67.8 Å². The summed E-state index contributed by atoms with van der Waals surface area (Å²) in [6.45, 7) is 2.23. The van der Waals surface area contributed by atoms with Crippen molar-refractivity contribution in [3.8, 4) is 5.75 Å². The molecule has 3 rings (SSSR count). The Kier molecular flexibility index (Phi) is 6.34. The monoisotopic (exact) mass is 414 g/mol. The lowest BCUT2D eigenvalue weighted by Gasteiger charge is -2.08. The third-order valence-corrected chi connectivity index (χ3v) is 5.54. The van der Waals surface area contributed by atoms with E-state index in [0.717, 1.165) is 11.1 Å². The van der Waals surface area contributed by atoms with Crippen molar-refractivity contribution in [2.24, 2.45) is 5.10 Å². The van der Waals surface area contributed by atoms with Gasteiger partial charge in [0.25, 0.3) is 10.0 Å². The van der Waals surface area contributed by atoms with Gasteiger partial charge in [-0.3, -0.25) is 0 Å². The number of nitrogens with zero attached hydrogens (tertiary/aromatic N) is 1. The van der Waals surface area contributed by atoms with Crippen molar-refractivity contribution in [3.05, 3.63) is 94.5 Å². The lowest BCUT2D eigenvalue weighted by Crippen LogP contribution is -2.18. The second-order valence-electron chi connectivity index (χ2n) is 6.12. The summed E-state index contributed by atoms with van der Waals surface area (Å²) in [5.74, 6) is 0.630. The van der Waals surface area contributed by atoms with Gasteiger partial charge in [-0.05, 0) is 42.8 Å². The molecule has 0 radical (unpaired) electrons. The van der Waals surface area contributed by atoms with Crippen molar-refractivity contribution in [3.63, 3.8) is 0 Å². The third kappa shape index (κ3) is 5.34. The zero-order valence-electron chi connectivity index (χ0n) is 15.2. The van der Waals surface area contributed by atoms with Crippen molar-refractivity contribution >= 4 is 27.8 Å². The maximum absolute atomic E-state index is 12.2. The second kappa shape index (κ2) is 8.91. The highest BCUT2D eigenvalue weighted by Crippen LogP contribution is 2.19. The van der Waals surface area contributed by atoms with Gasteiger partial charge in [-0.15, -0.1) is 0 Å². The van der Waals surface area contributed by atoms with Crippen molar-refractivity contribution < 1.29 is 13.2 Å². The molecule has 5 nitrogen and oxygen atoms in total. The smallest absolute Gasteiger partial charge is 0.276 e. The van der Waals surface area contributed by atoms with Crippen LogP contribution < -0.4 is 9.57 Å². The number of halogens is 1. The summed E-state index contributed by atoms with van der Waals surface area (Å²) in [4.78, 5) is 2.37. The molecule has 3 aromatic rings. The summed E-state index contributed by atoms with van der Waals surface area (Å²) in [5.41, 5.74) is 2.56. The molecule has 0 aromatic heterocycles. The molecule has 28 heavy (non-hydrogen) atoms. The minimum atomic E-state index is -3.70. The highest BCUT2D eigenvalue weighted by atomic mass is 35.5. The SMILES string of the molecule is Cc1ccc(S(=O)(=O)N/N=C/c2cccc(OCc3ccccc3Cl)c2)cc1. The number of benzene rings is 3. The van der Waals surface area contributed by atoms with Crippen LogP contribution >= 0.6 is 11.6 Å². The van der Waals surface area contributed by atoms with Gasteiger partial charge < -0.3 is 4.74 Å². The number of sulfonamides is 1. The van der Waals surface area contributed by atoms with E-state index < -0.39 is 10.0 Å². The lowest BCUT2D eigenvalue weighted by atomic mass is 10.2. The zero-order valence-corrected chi connectivity index (χ0v) is 16.7. The van der Waals surface area contributed by atoms with E-state index in [1.807, 2.05) is 37.3 Å². The predicted octanol–water partition coefficient (Wildman–Crippen LogP) is 4.54. The Hall–Kier alpha value is -2.83. The average Bonchev–Trinajstić information content (AvgIpc) is 2.68. The van der Waals surface area contributed by atoms with E-state index in [1.54, 1.807) is 30.3 Å². The molecular weight excluding hydrogens is 396 g/mol. The number of rotatable bonds is 7. The summed E-state index contributed by atoms with van der Waals surface area (Å²) >= 11 is 6.13. The Morgan fingerprint density at radius 3 is 2.54 bits per heavy atom. The van der Waals surface area contributed by atoms with Crippen LogP contribution in [0.4, 0.5) is 0 Å². The first kappa shape index (κ1) is 19.9. The highest BCUT2D eigenvalue weighted by Gasteiger charge is 2.11. The molecule has 7 heteroatoms. The summed E-state index contributed by atoms with van der Waals surface area (Å²) in [6, 6.07) is 21.2. The van der Waals surface area contributed by atoms with E-state index >= 15 is 0 Å². The highest BCUT2D eigenvalue weighted by molar-refractivity contribution is 7.89. The molecule has 3 aromatic carbocycles. The molecule has 0 unspecified atom stereocenters. The first-order chi connectivity index (χ1) is 13.4. The molecule has 144 valence electrons. The van der Waals surface area contributed by atoms with E-state index in [1.165, 1.54) is 18.3 Å². The lowest BCUT2D eigenvalue weighted by molar-refractivity contribution is 0.306. The Morgan fingerprint density at radius 1 is 1.04 bits per heavy atom. The normalized spacial score (nSPS) is 11.5. The standard InChI is InChI=1S/C21H19ClN2O3S/c1-16-9-11-20(12-10-16)28(25,26)24-23-14-17-5-4-7-19(13-17)27-15-18-6-2-3-8-21(18)22/h2-14,24H,15H2,1H3/b23-14+. The van der Waals surface area contributed by atoms with Crippen LogP contribution in [0.15, 0.2) is 82.8 Å². The van der Waals surface area contributed by atoms with Gasteiger partial charge in [-0.2, -0.15) is 13.5 Å². The molecule has 0 saturated carbocycles. The third-order valence-electron chi connectivity index (χ3n) is 3.93. The molecule has 0 saturated heterocycles. The zero-order chi connectivity index (χ0) is 20.0. The van der Waals surface area contributed by atoms with E-state index in [9.17, 15) is 8.42 Å². The summed E-state index contributed by atoms with van der Waals surface area (Å²) in [5, 5.41) is 4.49. The van der Waals surface area contributed by atoms with Crippen LogP contribution in [0.5, 0.6) is 5.75 Å². The molecular formula is C21H19ClN2O3S. The molecule has 0 aliphatic rings. The van der Waals surface area contributed by atoms with E-state index in [0.29, 0.717) is 22.9 Å². The second-order valence-corrected chi connectivity index (χ2v) is 8.19. The van der Waals surface area contributed by atoms with Crippen LogP contribution in [-0.4, -0.2) is 14.6 Å². The van der Waals surface area contributed by atoms with Crippen LogP contribution in [0.2, 0.25) is 5.02 Å². The summed E-state index contributed by atoms with van der Waals surface area (Å²) in [7, 11) is -3.70. The molecule has 0 aliphatic heterocycles. The molecule has 0 spiro atoms. The average molecular weight is 415 g/mol. The van der Waals surface area contributed by atoms with Gasteiger partial charge in [0.2, 0.25) is 0 Å². The first-order valence-corrected chi connectivity index (χ1v) is 10.4. The van der Waals surface area contributed by atoms with Crippen molar-refractivity contribution in [1.29, 1.82) is 0 Å². The molecule has 1 N–H and O–H groups in total. The van der Waals surface area contributed by atoms with Gasteiger partial charge >= 0.3 is 0 Å². The van der Waals surface area contributed by atoms with E-state index in [2.05, 4.69) is 9.93 Å². The number of hydrazone groups is 1. The Balaban J connectivity index is 1.64. The number of aryl methyl sites for hydroxylation is 1. The van der Waals surface area contributed by atoms with Gasteiger partial charge in [-0.1, -0.05) is 59.6 Å². The Labute approximate surface area is 169 Å². The fraction of sp³-hybridized carbons (Fsp3) is 0.0952. The van der Waals surface area contributed by atoms with Gasteiger partial charge in [0.15, 0.2) is 0 Å². The van der Waals surface area contributed by atoms with Gasteiger partial charge in [0.05, 0.1) is 11.1 Å². The van der Waals surface area contributed by atoms with Crippen LogP contribution in [-0.2, 0) is 16.6 Å². The van der Waals surface area contributed by atoms with E-state index in [4.69, 9.17) is 16.3 Å². The number of hydrogen-bond acceptors (Lipinski definition) is 4. The molecule has 0 amide bonds. The van der Waals surface area contributed by atoms with Crippen molar-refractivity contribution in [2.75, 3.05) is 0 Å². The number of hydrogen-bond donors (Lipinski definition) is 1. The van der Waals surface area contributed by atoms with Crippen molar-refractivity contribution in [2.45, 2.75) is 18.4 Å². The number of nitrogens with one attached hydrogen (secondary N) is 1. The molecule has 0 aliphatic carbocycles. The maximum atomic E-state index is 12.2. The molecule has 0 bridgehead atoms. The predicted molar refractivity (Wildman–Crippen MR) is 111 cm³/mol. The van der Waals surface area contributed by atoms with Gasteiger partial charge in [-0.25, -0.2) is 4.83 Å². The minimum absolute atomic E-state index is 0.159. The first-order valence-electron chi connectivity index (χ1n) is 8.52. The Bertz CT molecular complexity index is 1080. The summed E-state index contributed by atoms with van der Waals surface area (Å²) < 4.78 is 30.2. The fourth-order valence-corrected chi connectivity index (χ4v) is 3.38. The van der Waals surface area contributed by atoms with Crippen LogP contribution in [0.3, 0.4) is 0 Å². The summed E-state index contributed by atoms with van der Waals surface area (Å²) in [6.07, 6.45) is 1.42. The maximum Gasteiger partial charge on any atom is 0.276 e. The number of ether oxygens (including phenoxy) is 1. The Morgan fingerprint density at radius 2 is 1.79 bits per heavy atom. The quantitative estimate of drug-likeness (QED) is 0.456. The van der Waals surface area contributed by atoms with Crippen LogP contribution in [0.25, 0.3) is 0 Å². The fourth-order valence-electron chi connectivity index (χ4n) is 2.40. The van der Waals surface area contributed by atoms with E-state index in [-0.39, 0.29) is 4.90 Å².